The van der Waals surface area contributed by atoms with Gasteiger partial charge in [0.2, 0.25) is 0 Å². The van der Waals surface area contributed by atoms with Gasteiger partial charge in [-0.3, -0.25) is 0 Å². The Kier molecular flexibility index (Phi) is 4.40. The molecular weight excluding hydrogens is 226 g/mol. The minimum Gasteiger partial charge on any atom is -0.381 e. The van der Waals surface area contributed by atoms with Crippen LogP contribution < -0.4 is 5.32 Å². The first-order chi connectivity index (χ1) is 8.72. The minimum absolute atomic E-state index is 0.732. The predicted molar refractivity (Wildman–Crippen MR) is 70.1 cm³/mol. The SMILES string of the molecule is Cc1c(CNCC2CCOCC2)cc(C#N)n1C. The lowest BCUT2D eigenvalue weighted by atomic mass is 10.0. The smallest absolute Gasteiger partial charge is 0.120 e. The topological polar surface area (TPSA) is 50.0 Å². The number of nitriles is 1. The first-order valence-electron chi connectivity index (χ1n) is 6.56. The Morgan fingerprint density at radius 1 is 1.50 bits per heavy atom. The van der Waals surface area contributed by atoms with E-state index in [2.05, 4.69) is 18.3 Å². The fourth-order valence-corrected chi connectivity index (χ4v) is 2.41. The quantitative estimate of drug-likeness (QED) is 0.881. The molecule has 0 radical (unpaired) electrons. The van der Waals surface area contributed by atoms with Gasteiger partial charge in [0.05, 0.1) is 0 Å². The van der Waals surface area contributed by atoms with E-state index in [9.17, 15) is 0 Å². The first-order valence-corrected chi connectivity index (χ1v) is 6.56. The molecule has 4 heteroatoms. The molecule has 1 aromatic rings. The van der Waals surface area contributed by atoms with E-state index in [-0.39, 0.29) is 0 Å². The van der Waals surface area contributed by atoms with Gasteiger partial charge in [0.1, 0.15) is 11.8 Å². The van der Waals surface area contributed by atoms with Crippen LogP contribution in [0, 0.1) is 24.2 Å². The van der Waals surface area contributed by atoms with Gasteiger partial charge in [0.25, 0.3) is 0 Å². The van der Waals surface area contributed by atoms with Crippen LogP contribution in [0.25, 0.3) is 0 Å². The average molecular weight is 247 g/mol. The summed E-state index contributed by atoms with van der Waals surface area (Å²) in [7, 11) is 1.94. The van der Waals surface area contributed by atoms with Crippen molar-refractivity contribution in [3.63, 3.8) is 0 Å². The zero-order valence-electron chi connectivity index (χ0n) is 11.2. The second-order valence-corrected chi connectivity index (χ2v) is 5.00. The first kappa shape index (κ1) is 13.1. The third-order valence-electron chi connectivity index (χ3n) is 3.84. The molecule has 0 amide bonds. The van der Waals surface area contributed by atoms with Gasteiger partial charge in [-0.15, -0.1) is 0 Å². The molecule has 2 rings (SSSR count). The lowest BCUT2D eigenvalue weighted by Gasteiger charge is -2.22. The summed E-state index contributed by atoms with van der Waals surface area (Å²) < 4.78 is 7.30. The third-order valence-corrected chi connectivity index (χ3v) is 3.84. The molecule has 4 nitrogen and oxygen atoms in total. The molecule has 0 spiro atoms. The van der Waals surface area contributed by atoms with Crippen LogP contribution in [0.3, 0.4) is 0 Å². The molecule has 0 atom stereocenters. The van der Waals surface area contributed by atoms with Crippen molar-refractivity contribution in [3.8, 4) is 6.07 Å². The second kappa shape index (κ2) is 6.03. The van der Waals surface area contributed by atoms with E-state index in [1.165, 1.54) is 11.3 Å². The minimum atomic E-state index is 0.732. The van der Waals surface area contributed by atoms with Crippen LogP contribution >= 0.6 is 0 Å². The molecule has 1 fully saturated rings. The Balaban J connectivity index is 1.85. The molecule has 18 heavy (non-hydrogen) atoms. The summed E-state index contributed by atoms with van der Waals surface area (Å²) in [5, 5.41) is 12.5. The van der Waals surface area contributed by atoms with Crippen LogP contribution in [-0.4, -0.2) is 24.3 Å². The molecule has 0 bridgehead atoms. The van der Waals surface area contributed by atoms with Gasteiger partial charge in [-0.25, -0.2) is 0 Å². The summed E-state index contributed by atoms with van der Waals surface area (Å²) in [5.74, 6) is 0.734. The van der Waals surface area contributed by atoms with Crippen molar-refractivity contribution in [2.45, 2.75) is 26.3 Å². The maximum atomic E-state index is 8.98. The number of nitrogens with zero attached hydrogens (tertiary/aromatic N) is 2. The number of rotatable bonds is 4. The van der Waals surface area contributed by atoms with E-state index in [1.54, 1.807) is 0 Å². The molecule has 1 aliphatic heterocycles. The second-order valence-electron chi connectivity index (χ2n) is 5.00. The Bertz CT molecular complexity index is 439. The van der Waals surface area contributed by atoms with E-state index in [1.807, 2.05) is 17.7 Å². The Morgan fingerprint density at radius 2 is 2.22 bits per heavy atom. The highest BCUT2D eigenvalue weighted by atomic mass is 16.5. The van der Waals surface area contributed by atoms with Crippen LogP contribution in [0.1, 0.15) is 29.8 Å². The van der Waals surface area contributed by atoms with Gasteiger partial charge >= 0.3 is 0 Å². The molecule has 0 saturated carbocycles. The Morgan fingerprint density at radius 3 is 2.83 bits per heavy atom. The summed E-state index contributed by atoms with van der Waals surface area (Å²) in [5.41, 5.74) is 3.13. The molecule has 0 aromatic carbocycles. The van der Waals surface area contributed by atoms with Crippen molar-refractivity contribution in [2.24, 2.45) is 13.0 Å². The maximum absolute atomic E-state index is 8.98. The van der Waals surface area contributed by atoms with E-state index in [0.29, 0.717) is 0 Å². The fourth-order valence-electron chi connectivity index (χ4n) is 2.41. The molecular formula is C14H21N3O. The summed E-state index contributed by atoms with van der Waals surface area (Å²) in [6, 6.07) is 4.19. The van der Waals surface area contributed by atoms with E-state index in [0.717, 1.165) is 50.8 Å². The normalized spacial score (nSPS) is 16.7. The summed E-state index contributed by atoms with van der Waals surface area (Å²) >= 11 is 0. The fraction of sp³-hybridized carbons (Fsp3) is 0.643. The third kappa shape index (κ3) is 2.92. The van der Waals surface area contributed by atoms with Crippen molar-refractivity contribution < 1.29 is 4.74 Å². The van der Waals surface area contributed by atoms with Gasteiger partial charge in [0, 0.05) is 32.5 Å². The van der Waals surface area contributed by atoms with Gasteiger partial charge < -0.3 is 14.6 Å². The van der Waals surface area contributed by atoms with Gasteiger partial charge in [-0.1, -0.05) is 0 Å². The molecule has 1 N–H and O–H groups in total. The highest BCUT2D eigenvalue weighted by Gasteiger charge is 2.14. The zero-order chi connectivity index (χ0) is 13.0. The highest BCUT2D eigenvalue weighted by molar-refractivity contribution is 5.33. The number of hydrogen-bond acceptors (Lipinski definition) is 3. The van der Waals surface area contributed by atoms with Crippen LogP contribution in [0.2, 0.25) is 0 Å². The van der Waals surface area contributed by atoms with Crippen molar-refractivity contribution in [2.75, 3.05) is 19.8 Å². The number of nitrogens with one attached hydrogen (secondary N) is 1. The summed E-state index contributed by atoms with van der Waals surface area (Å²) in [4.78, 5) is 0. The molecule has 0 unspecified atom stereocenters. The molecule has 1 saturated heterocycles. The molecule has 1 aromatic heterocycles. The summed E-state index contributed by atoms with van der Waals surface area (Å²) in [6.07, 6.45) is 2.31. The molecule has 2 heterocycles. The van der Waals surface area contributed by atoms with Crippen LogP contribution in [-0.2, 0) is 18.3 Å². The Hall–Kier alpha value is -1.31. The number of aromatic nitrogens is 1. The molecule has 1 aliphatic rings. The van der Waals surface area contributed by atoms with Crippen molar-refractivity contribution in [1.29, 1.82) is 5.26 Å². The standard InChI is InChI=1S/C14H21N3O/c1-11-13(7-14(8-15)17(11)2)10-16-9-12-3-5-18-6-4-12/h7,12,16H,3-6,9-10H2,1-2H3. The largest absolute Gasteiger partial charge is 0.381 e. The van der Waals surface area contributed by atoms with Crippen LogP contribution in [0.4, 0.5) is 0 Å². The molecule has 0 aliphatic carbocycles. The molecule has 98 valence electrons. The number of ether oxygens (including phenoxy) is 1. The zero-order valence-corrected chi connectivity index (χ0v) is 11.2. The van der Waals surface area contributed by atoms with Gasteiger partial charge in [-0.2, -0.15) is 5.26 Å². The van der Waals surface area contributed by atoms with E-state index < -0.39 is 0 Å². The monoisotopic (exact) mass is 247 g/mol. The van der Waals surface area contributed by atoms with Crippen LogP contribution in [0.15, 0.2) is 6.07 Å². The van der Waals surface area contributed by atoms with Crippen molar-refractivity contribution >= 4 is 0 Å². The Labute approximate surface area is 109 Å². The lowest BCUT2D eigenvalue weighted by Crippen LogP contribution is -2.27. The van der Waals surface area contributed by atoms with Gasteiger partial charge in [0.15, 0.2) is 0 Å². The number of hydrogen-bond donors (Lipinski definition) is 1. The van der Waals surface area contributed by atoms with Crippen molar-refractivity contribution in [3.05, 3.63) is 23.0 Å². The highest BCUT2D eigenvalue weighted by Crippen LogP contribution is 2.15. The van der Waals surface area contributed by atoms with E-state index in [4.69, 9.17) is 10.00 Å². The van der Waals surface area contributed by atoms with E-state index >= 15 is 0 Å². The maximum Gasteiger partial charge on any atom is 0.120 e. The van der Waals surface area contributed by atoms with Crippen LogP contribution in [0.5, 0.6) is 0 Å². The van der Waals surface area contributed by atoms with Gasteiger partial charge in [-0.05, 0) is 43.9 Å². The summed E-state index contributed by atoms with van der Waals surface area (Å²) in [6.45, 7) is 5.75. The van der Waals surface area contributed by atoms with Crippen molar-refractivity contribution in [1.82, 2.24) is 9.88 Å². The predicted octanol–water partition coefficient (Wildman–Crippen LogP) is 1.72. The average Bonchev–Trinajstić information content (AvgIpc) is 2.68. The lowest BCUT2D eigenvalue weighted by molar-refractivity contribution is 0.0662.